The minimum absolute atomic E-state index is 0.407. The van der Waals surface area contributed by atoms with E-state index in [0.29, 0.717) is 17.4 Å². The summed E-state index contributed by atoms with van der Waals surface area (Å²) in [6.07, 6.45) is 2.82. The fourth-order valence-corrected chi connectivity index (χ4v) is 5.81. The predicted molar refractivity (Wildman–Crippen MR) is 119 cm³/mol. The highest BCUT2D eigenvalue weighted by atomic mass is 15.0. The van der Waals surface area contributed by atoms with Gasteiger partial charge in [-0.3, -0.25) is 0 Å². The van der Waals surface area contributed by atoms with E-state index >= 15 is 0 Å². The molecule has 3 fully saturated rings. The van der Waals surface area contributed by atoms with Crippen molar-refractivity contribution in [3.05, 3.63) is 71.8 Å². The molecule has 0 aliphatic heterocycles. The van der Waals surface area contributed by atoms with Gasteiger partial charge in [-0.05, 0) is 47.1 Å². The van der Waals surface area contributed by atoms with Crippen LogP contribution in [0.4, 0.5) is 0 Å². The average Bonchev–Trinajstić information content (AvgIpc) is 2.72. The highest BCUT2D eigenvalue weighted by Crippen LogP contribution is 2.61. The Bertz CT molecular complexity index is 700. The maximum Gasteiger partial charge on any atom is 0.0214 e. The molecule has 0 aromatic heterocycles. The zero-order valence-corrected chi connectivity index (χ0v) is 17.7. The summed E-state index contributed by atoms with van der Waals surface area (Å²) in [5, 5.41) is 7.57. The monoisotopic (exact) mass is 376 g/mol. The van der Waals surface area contributed by atoms with Crippen LogP contribution in [0.15, 0.2) is 60.7 Å². The van der Waals surface area contributed by atoms with Crippen molar-refractivity contribution >= 4 is 0 Å². The number of fused-ring (bicyclic) bond motifs is 2. The summed E-state index contributed by atoms with van der Waals surface area (Å²) >= 11 is 0. The lowest BCUT2D eigenvalue weighted by molar-refractivity contribution is -0.114. The van der Waals surface area contributed by atoms with E-state index < -0.39 is 0 Å². The molecule has 2 heteroatoms. The van der Waals surface area contributed by atoms with Crippen LogP contribution in [0.1, 0.15) is 50.7 Å². The summed E-state index contributed by atoms with van der Waals surface area (Å²) in [6.45, 7) is 10.5. The first kappa shape index (κ1) is 19.7. The Morgan fingerprint density at radius 2 is 1.50 bits per heavy atom. The summed E-state index contributed by atoms with van der Waals surface area (Å²) in [5.41, 5.74) is 3.35. The molecule has 2 N–H and O–H groups in total. The van der Waals surface area contributed by atoms with Crippen LogP contribution in [0, 0.1) is 23.2 Å². The molecule has 0 spiro atoms. The standard InChI is InChI=1S/C26H36N2/c1-19-24-16-22(26(24,2)3)17-25(19)28-15-14-27-18-23(20-10-6-4-7-11-20)21-12-8-5-9-13-21/h4-13,19,22-25,27-28H,14-18H2,1-3H3/t19-,22-,24+,25-/m1/s1. The van der Waals surface area contributed by atoms with Crippen LogP contribution < -0.4 is 10.6 Å². The summed E-state index contributed by atoms with van der Waals surface area (Å²) in [5.74, 6) is 3.06. The number of rotatable bonds is 8. The van der Waals surface area contributed by atoms with Gasteiger partial charge in [0.2, 0.25) is 0 Å². The molecule has 5 rings (SSSR count). The van der Waals surface area contributed by atoms with Crippen LogP contribution >= 0.6 is 0 Å². The lowest BCUT2D eigenvalue weighted by atomic mass is 9.45. The second-order valence-corrected chi connectivity index (χ2v) is 9.59. The molecule has 150 valence electrons. The molecular weight excluding hydrogens is 340 g/mol. The van der Waals surface area contributed by atoms with Gasteiger partial charge < -0.3 is 10.6 Å². The van der Waals surface area contributed by atoms with Crippen molar-refractivity contribution in [3.8, 4) is 0 Å². The highest BCUT2D eigenvalue weighted by molar-refractivity contribution is 5.32. The Morgan fingerprint density at radius 3 is 2.04 bits per heavy atom. The first-order chi connectivity index (χ1) is 13.6. The molecule has 0 unspecified atom stereocenters. The quantitative estimate of drug-likeness (QED) is 0.629. The van der Waals surface area contributed by atoms with Crippen molar-refractivity contribution in [1.82, 2.24) is 10.6 Å². The van der Waals surface area contributed by atoms with Gasteiger partial charge in [-0.1, -0.05) is 81.4 Å². The van der Waals surface area contributed by atoms with Gasteiger partial charge in [-0.25, -0.2) is 0 Å². The van der Waals surface area contributed by atoms with Crippen LogP contribution in [0.5, 0.6) is 0 Å². The molecule has 2 nitrogen and oxygen atoms in total. The molecule has 2 bridgehead atoms. The third-order valence-electron chi connectivity index (χ3n) is 7.81. The lowest BCUT2D eigenvalue weighted by Crippen LogP contribution is -2.60. The molecule has 0 radical (unpaired) electrons. The minimum Gasteiger partial charge on any atom is -0.315 e. The maximum absolute atomic E-state index is 3.86. The SMILES string of the molecule is C[C@H]1[C@H](NCCNCC(c2ccccc2)c2ccccc2)C[C@H]2C[C@@H]1C2(C)C. The predicted octanol–water partition coefficient (Wildman–Crippen LogP) is 5.07. The number of nitrogens with one attached hydrogen (secondary N) is 2. The van der Waals surface area contributed by atoms with Crippen molar-refractivity contribution in [2.24, 2.45) is 23.2 Å². The molecule has 3 saturated carbocycles. The average molecular weight is 377 g/mol. The molecule has 3 aliphatic rings. The number of hydrogen-bond donors (Lipinski definition) is 2. The van der Waals surface area contributed by atoms with Gasteiger partial charge in [0.05, 0.1) is 0 Å². The normalized spacial score (nSPS) is 28.1. The van der Waals surface area contributed by atoms with Gasteiger partial charge in [0.25, 0.3) is 0 Å². The van der Waals surface area contributed by atoms with Gasteiger partial charge in [-0.15, -0.1) is 0 Å². The van der Waals surface area contributed by atoms with E-state index in [2.05, 4.69) is 92.1 Å². The van der Waals surface area contributed by atoms with Crippen LogP contribution in [0.3, 0.4) is 0 Å². The molecule has 0 saturated heterocycles. The molecular formula is C26H36N2. The Morgan fingerprint density at radius 1 is 0.893 bits per heavy atom. The zero-order valence-electron chi connectivity index (χ0n) is 17.7. The van der Waals surface area contributed by atoms with Crippen molar-refractivity contribution < 1.29 is 0 Å². The van der Waals surface area contributed by atoms with Crippen LogP contribution in [0.25, 0.3) is 0 Å². The largest absolute Gasteiger partial charge is 0.315 e. The molecule has 0 heterocycles. The second kappa shape index (κ2) is 8.39. The Balaban J connectivity index is 1.27. The van der Waals surface area contributed by atoms with Crippen LogP contribution in [-0.4, -0.2) is 25.7 Å². The van der Waals surface area contributed by atoms with E-state index in [9.17, 15) is 0 Å². The van der Waals surface area contributed by atoms with Crippen molar-refractivity contribution in [2.45, 2.75) is 45.6 Å². The molecule has 3 aliphatic carbocycles. The summed E-state index contributed by atoms with van der Waals surface area (Å²) in [7, 11) is 0. The third kappa shape index (κ3) is 3.90. The first-order valence-corrected chi connectivity index (χ1v) is 11.1. The second-order valence-electron chi connectivity index (χ2n) is 9.59. The van der Waals surface area contributed by atoms with Crippen molar-refractivity contribution in [2.75, 3.05) is 19.6 Å². The molecule has 28 heavy (non-hydrogen) atoms. The Kier molecular flexibility index (Phi) is 5.89. The van der Waals surface area contributed by atoms with Gasteiger partial charge >= 0.3 is 0 Å². The van der Waals surface area contributed by atoms with E-state index in [4.69, 9.17) is 0 Å². The fraction of sp³-hybridized carbons (Fsp3) is 0.538. The third-order valence-corrected chi connectivity index (χ3v) is 7.81. The zero-order chi connectivity index (χ0) is 19.6. The lowest BCUT2D eigenvalue weighted by Gasteiger charge is -2.62. The van der Waals surface area contributed by atoms with Crippen molar-refractivity contribution in [3.63, 3.8) is 0 Å². The minimum atomic E-state index is 0.407. The number of benzene rings is 2. The first-order valence-electron chi connectivity index (χ1n) is 11.1. The summed E-state index contributed by atoms with van der Waals surface area (Å²) < 4.78 is 0. The van der Waals surface area contributed by atoms with Gasteiger partial charge in [-0.2, -0.15) is 0 Å². The Labute approximate surface area is 171 Å². The maximum atomic E-state index is 3.86. The van der Waals surface area contributed by atoms with Crippen molar-refractivity contribution in [1.29, 1.82) is 0 Å². The van der Waals surface area contributed by atoms with Crippen LogP contribution in [-0.2, 0) is 0 Å². The van der Waals surface area contributed by atoms with E-state index in [0.717, 1.165) is 37.4 Å². The highest BCUT2D eigenvalue weighted by Gasteiger charge is 2.55. The fourth-order valence-electron chi connectivity index (χ4n) is 5.81. The smallest absolute Gasteiger partial charge is 0.0214 e. The van der Waals surface area contributed by atoms with E-state index in [1.54, 1.807) is 0 Å². The molecule has 4 atom stereocenters. The van der Waals surface area contributed by atoms with Gasteiger partial charge in [0.15, 0.2) is 0 Å². The summed E-state index contributed by atoms with van der Waals surface area (Å²) in [4.78, 5) is 0. The Hall–Kier alpha value is -1.64. The van der Waals surface area contributed by atoms with E-state index in [1.165, 1.54) is 24.0 Å². The van der Waals surface area contributed by atoms with E-state index in [1.807, 2.05) is 0 Å². The molecule has 0 amide bonds. The van der Waals surface area contributed by atoms with Crippen LogP contribution in [0.2, 0.25) is 0 Å². The van der Waals surface area contributed by atoms with E-state index in [-0.39, 0.29) is 0 Å². The number of hydrogen-bond acceptors (Lipinski definition) is 2. The molecule has 2 aromatic carbocycles. The summed E-state index contributed by atoms with van der Waals surface area (Å²) in [6, 6.07) is 22.5. The van der Waals surface area contributed by atoms with Gasteiger partial charge in [0.1, 0.15) is 0 Å². The molecule has 2 aromatic rings. The van der Waals surface area contributed by atoms with Gasteiger partial charge in [0, 0.05) is 31.6 Å². The topological polar surface area (TPSA) is 24.1 Å².